The van der Waals surface area contributed by atoms with E-state index in [1.54, 1.807) is 30.5 Å². The number of furan rings is 2. The smallest absolute Gasteiger partial charge is 0.221 e. The summed E-state index contributed by atoms with van der Waals surface area (Å²) in [7, 11) is 0. The number of fused-ring (bicyclic) bond motifs is 1. The zero-order valence-corrected chi connectivity index (χ0v) is 11.5. The first-order chi connectivity index (χ1) is 10.3. The van der Waals surface area contributed by atoms with E-state index < -0.39 is 0 Å². The van der Waals surface area contributed by atoms with Gasteiger partial charge >= 0.3 is 0 Å². The van der Waals surface area contributed by atoms with Crippen LogP contribution in [0.1, 0.15) is 23.2 Å². The molecular weight excluding hydrogens is 268 g/mol. The molecule has 3 aromatic rings. The number of hydrogen-bond donors (Lipinski definition) is 0. The zero-order valence-electron chi connectivity index (χ0n) is 11.5. The van der Waals surface area contributed by atoms with Crippen LogP contribution in [-0.4, -0.2) is 12.4 Å². The summed E-state index contributed by atoms with van der Waals surface area (Å²) in [6, 6.07) is 10.8. The molecule has 0 atom stereocenters. The molecule has 0 fully saturated rings. The molecule has 0 aliphatic heterocycles. The number of carbonyl (C=O) groups is 1. The van der Waals surface area contributed by atoms with E-state index in [0.717, 1.165) is 5.39 Å². The Balaban J connectivity index is 1.90. The first-order valence-corrected chi connectivity index (χ1v) is 6.69. The molecule has 0 saturated heterocycles. The lowest BCUT2D eigenvalue weighted by atomic mass is 10.2. The minimum absolute atomic E-state index is 0.218. The van der Waals surface area contributed by atoms with Crippen LogP contribution in [0.2, 0.25) is 0 Å². The van der Waals surface area contributed by atoms with Crippen molar-refractivity contribution in [2.24, 2.45) is 0 Å². The van der Waals surface area contributed by atoms with Crippen molar-refractivity contribution in [1.29, 1.82) is 0 Å². The van der Waals surface area contributed by atoms with E-state index in [1.165, 1.54) is 6.08 Å². The van der Waals surface area contributed by atoms with Gasteiger partial charge in [0.15, 0.2) is 17.1 Å². The quantitative estimate of drug-likeness (QED) is 0.516. The summed E-state index contributed by atoms with van der Waals surface area (Å²) >= 11 is 0. The lowest BCUT2D eigenvalue weighted by Crippen LogP contribution is -1.91. The third-order valence-electron chi connectivity index (χ3n) is 2.99. The number of carbonyl (C=O) groups excluding carboxylic acids is 1. The van der Waals surface area contributed by atoms with Gasteiger partial charge in [0, 0.05) is 5.39 Å². The average molecular weight is 282 g/mol. The minimum atomic E-state index is -0.218. The molecule has 0 unspecified atom stereocenters. The van der Waals surface area contributed by atoms with Gasteiger partial charge in [-0.1, -0.05) is 12.1 Å². The maximum absolute atomic E-state index is 12.1. The minimum Gasteiger partial charge on any atom is -0.490 e. The summed E-state index contributed by atoms with van der Waals surface area (Å²) < 4.78 is 16.3. The molecule has 21 heavy (non-hydrogen) atoms. The van der Waals surface area contributed by atoms with Crippen molar-refractivity contribution in [3.05, 3.63) is 60.3 Å². The van der Waals surface area contributed by atoms with Crippen LogP contribution in [0.15, 0.2) is 57.6 Å². The van der Waals surface area contributed by atoms with E-state index in [-0.39, 0.29) is 11.5 Å². The second-order valence-electron chi connectivity index (χ2n) is 4.43. The van der Waals surface area contributed by atoms with Gasteiger partial charge in [-0.3, -0.25) is 4.79 Å². The highest BCUT2D eigenvalue weighted by Gasteiger charge is 2.13. The van der Waals surface area contributed by atoms with Gasteiger partial charge in [-0.05, 0) is 43.3 Å². The Bertz CT molecular complexity index is 778. The van der Waals surface area contributed by atoms with Crippen molar-refractivity contribution in [2.45, 2.75) is 6.92 Å². The molecule has 4 heteroatoms. The van der Waals surface area contributed by atoms with Crippen LogP contribution in [0.4, 0.5) is 0 Å². The van der Waals surface area contributed by atoms with Crippen molar-refractivity contribution < 1.29 is 18.4 Å². The maximum Gasteiger partial charge on any atom is 0.221 e. The highest BCUT2D eigenvalue weighted by molar-refractivity contribution is 6.07. The molecule has 0 aliphatic carbocycles. The second-order valence-corrected chi connectivity index (χ2v) is 4.43. The van der Waals surface area contributed by atoms with Gasteiger partial charge in [-0.15, -0.1) is 0 Å². The third kappa shape index (κ3) is 2.74. The van der Waals surface area contributed by atoms with E-state index in [1.807, 2.05) is 25.1 Å². The van der Waals surface area contributed by atoms with Crippen molar-refractivity contribution in [3.63, 3.8) is 0 Å². The summed E-state index contributed by atoms with van der Waals surface area (Å²) in [4.78, 5) is 12.1. The number of rotatable bonds is 5. The van der Waals surface area contributed by atoms with Crippen LogP contribution in [0.5, 0.6) is 5.75 Å². The number of allylic oxidation sites excluding steroid dienone is 1. The number of benzene rings is 1. The van der Waals surface area contributed by atoms with Gasteiger partial charge in [-0.2, -0.15) is 0 Å². The molecule has 0 bridgehead atoms. The fourth-order valence-electron chi connectivity index (χ4n) is 2.05. The SMILES string of the molecule is CCOc1cccc2cc(C(=O)/C=C/c3ccco3)oc12. The summed E-state index contributed by atoms with van der Waals surface area (Å²) in [6.07, 6.45) is 4.59. The van der Waals surface area contributed by atoms with Crippen molar-refractivity contribution in [2.75, 3.05) is 6.61 Å². The molecule has 106 valence electrons. The van der Waals surface area contributed by atoms with Gasteiger partial charge in [0.2, 0.25) is 5.78 Å². The second kappa shape index (κ2) is 5.71. The van der Waals surface area contributed by atoms with Crippen LogP contribution in [-0.2, 0) is 0 Å². The van der Waals surface area contributed by atoms with Gasteiger partial charge in [-0.25, -0.2) is 0 Å². The van der Waals surface area contributed by atoms with Gasteiger partial charge < -0.3 is 13.6 Å². The number of ether oxygens (including phenoxy) is 1. The Hall–Kier alpha value is -2.75. The number of ketones is 1. The predicted octanol–water partition coefficient (Wildman–Crippen LogP) is 4.32. The summed E-state index contributed by atoms with van der Waals surface area (Å²) in [6.45, 7) is 2.45. The fourth-order valence-corrected chi connectivity index (χ4v) is 2.05. The van der Waals surface area contributed by atoms with Crippen molar-refractivity contribution >= 4 is 22.8 Å². The molecule has 4 nitrogen and oxygen atoms in total. The highest BCUT2D eigenvalue weighted by atomic mass is 16.5. The molecule has 0 N–H and O–H groups in total. The molecule has 0 aliphatic rings. The first-order valence-electron chi connectivity index (χ1n) is 6.69. The van der Waals surface area contributed by atoms with E-state index in [0.29, 0.717) is 23.7 Å². The Labute approximate surface area is 121 Å². The molecule has 0 saturated carbocycles. The van der Waals surface area contributed by atoms with E-state index in [2.05, 4.69) is 0 Å². The summed E-state index contributed by atoms with van der Waals surface area (Å²) in [5.41, 5.74) is 0.592. The van der Waals surface area contributed by atoms with E-state index >= 15 is 0 Å². The molecule has 0 spiro atoms. The van der Waals surface area contributed by atoms with Gasteiger partial charge in [0.25, 0.3) is 0 Å². The lowest BCUT2D eigenvalue weighted by Gasteiger charge is -2.01. The fraction of sp³-hybridized carbons (Fsp3) is 0.118. The van der Waals surface area contributed by atoms with E-state index in [4.69, 9.17) is 13.6 Å². The van der Waals surface area contributed by atoms with Crippen LogP contribution in [0.25, 0.3) is 17.0 Å². The van der Waals surface area contributed by atoms with Crippen LogP contribution in [0.3, 0.4) is 0 Å². The zero-order chi connectivity index (χ0) is 14.7. The standard InChI is InChI=1S/C17H14O4/c1-2-19-15-7-3-5-12-11-16(21-17(12)15)14(18)9-8-13-6-4-10-20-13/h3-11H,2H2,1H3/b9-8+. The van der Waals surface area contributed by atoms with E-state index in [9.17, 15) is 4.79 Å². The maximum atomic E-state index is 12.1. The van der Waals surface area contributed by atoms with Crippen molar-refractivity contribution in [1.82, 2.24) is 0 Å². The Morgan fingerprint density at radius 3 is 2.95 bits per heavy atom. The van der Waals surface area contributed by atoms with Gasteiger partial charge in [0.05, 0.1) is 12.9 Å². The molecule has 1 aromatic carbocycles. The van der Waals surface area contributed by atoms with Crippen LogP contribution in [0, 0.1) is 0 Å². The molecule has 0 amide bonds. The van der Waals surface area contributed by atoms with Gasteiger partial charge in [0.1, 0.15) is 5.76 Å². The van der Waals surface area contributed by atoms with Crippen LogP contribution < -0.4 is 4.74 Å². The predicted molar refractivity (Wildman–Crippen MR) is 79.5 cm³/mol. The molecule has 2 heterocycles. The molecule has 0 radical (unpaired) electrons. The monoisotopic (exact) mass is 282 g/mol. The summed E-state index contributed by atoms with van der Waals surface area (Å²) in [5, 5.41) is 0.843. The molecular formula is C17H14O4. The van der Waals surface area contributed by atoms with Crippen molar-refractivity contribution in [3.8, 4) is 5.75 Å². The lowest BCUT2D eigenvalue weighted by molar-refractivity contribution is 0.102. The first kappa shape index (κ1) is 13.2. The Kier molecular flexibility index (Phi) is 3.60. The third-order valence-corrected chi connectivity index (χ3v) is 2.99. The largest absolute Gasteiger partial charge is 0.490 e. The highest BCUT2D eigenvalue weighted by Crippen LogP contribution is 2.29. The summed E-state index contributed by atoms with van der Waals surface area (Å²) in [5.74, 6) is 1.32. The van der Waals surface area contributed by atoms with Crippen LogP contribution >= 0.6 is 0 Å². The molecule has 3 rings (SSSR count). The Morgan fingerprint density at radius 1 is 1.29 bits per heavy atom. The number of hydrogen-bond acceptors (Lipinski definition) is 4. The topological polar surface area (TPSA) is 52.6 Å². The molecule has 2 aromatic heterocycles. The average Bonchev–Trinajstić information content (AvgIpc) is 3.14. The Morgan fingerprint density at radius 2 is 2.19 bits per heavy atom. The normalized spacial score (nSPS) is 11.3. The number of para-hydroxylation sites is 1.